The van der Waals surface area contributed by atoms with Crippen LogP contribution >= 0.6 is 0 Å². The van der Waals surface area contributed by atoms with Crippen molar-refractivity contribution in [3.8, 4) is 5.75 Å². The van der Waals surface area contributed by atoms with Crippen molar-refractivity contribution in [1.29, 1.82) is 0 Å². The largest absolute Gasteiger partial charge is 0.497 e. The van der Waals surface area contributed by atoms with Crippen LogP contribution < -0.4 is 15.4 Å². The molecule has 0 unspecified atom stereocenters. The number of ketones is 1. The normalized spacial score (nSPS) is 9.88. The molecule has 3 rings (SSSR count). The minimum Gasteiger partial charge on any atom is -0.497 e. The number of hydrogen-bond acceptors (Lipinski definition) is 6. The number of carbonyl (C=O) groups excluding carboxylic acids is 1. The molecule has 0 amide bonds. The van der Waals surface area contributed by atoms with Crippen LogP contribution in [0.2, 0.25) is 0 Å². The van der Waals surface area contributed by atoms with Crippen LogP contribution in [0.25, 0.3) is 0 Å². The predicted octanol–water partition coefficient (Wildman–Crippen LogP) is 3.73. The number of ether oxygens (including phenoxy) is 1. The lowest BCUT2D eigenvalue weighted by Gasteiger charge is -2.12. The summed E-state index contributed by atoms with van der Waals surface area (Å²) in [4.78, 5) is 21.0. The van der Waals surface area contributed by atoms with Crippen molar-refractivity contribution in [2.75, 3.05) is 17.7 Å². The second kappa shape index (κ2) is 8.43. The molecule has 6 heteroatoms. The average molecular weight is 346 g/mol. The summed E-state index contributed by atoms with van der Waals surface area (Å²) in [7, 11) is 1.59. The van der Waals surface area contributed by atoms with Gasteiger partial charge in [-0.1, -0.05) is 12.1 Å². The van der Waals surface area contributed by atoms with Crippen molar-refractivity contribution in [3.05, 3.63) is 90.5 Å². The second-order valence-electron chi connectivity index (χ2n) is 5.33. The molecule has 26 heavy (non-hydrogen) atoms. The minimum atomic E-state index is -0.158. The highest BCUT2D eigenvalue weighted by Crippen LogP contribution is 2.14. The van der Waals surface area contributed by atoms with E-state index in [9.17, 15) is 4.79 Å². The van der Waals surface area contributed by atoms with E-state index in [2.05, 4.69) is 20.6 Å². The molecule has 2 aromatic heterocycles. The number of hydrogen-bond donors (Lipinski definition) is 2. The standard InChI is InChI=1S/C20H18N4O2/c1-26-16-10-8-15(9-11-16)17(25)14-20(23-18-6-2-4-12-21-18)24-19-7-3-5-13-22-19/h2-14H,1H3,(H,21,23)(H,22,24). The first-order chi connectivity index (χ1) is 12.7. The molecule has 0 radical (unpaired) electrons. The van der Waals surface area contributed by atoms with Crippen molar-refractivity contribution >= 4 is 17.4 Å². The molecule has 0 saturated heterocycles. The fraction of sp³-hybridized carbons (Fsp3) is 0.0500. The van der Waals surface area contributed by atoms with E-state index in [0.717, 1.165) is 0 Å². The number of rotatable bonds is 7. The summed E-state index contributed by atoms with van der Waals surface area (Å²) < 4.78 is 5.12. The average Bonchev–Trinajstić information content (AvgIpc) is 2.69. The molecular weight excluding hydrogens is 328 g/mol. The Morgan fingerprint density at radius 1 is 0.885 bits per heavy atom. The fourth-order valence-electron chi connectivity index (χ4n) is 2.22. The number of carbonyl (C=O) groups is 1. The Morgan fingerprint density at radius 3 is 1.92 bits per heavy atom. The van der Waals surface area contributed by atoms with Crippen molar-refractivity contribution in [1.82, 2.24) is 9.97 Å². The first kappa shape index (κ1) is 17.2. The smallest absolute Gasteiger partial charge is 0.189 e. The Labute approximate surface area is 151 Å². The lowest BCUT2D eigenvalue weighted by molar-refractivity contribution is 0.104. The number of anilines is 2. The lowest BCUT2D eigenvalue weighted by Crippen LogP contribution is -2.13. The SMILES string of the molecule is COc1ccc(C(=O)C=C(Nc2ccccn2)Nc2ccccn2)cc1. The molecule has 6 nitrogen and oxygen atoms in total. The maximum absolute atomic E-state index is 12.6. The van der Waals surface area contributed by atoms with Gasteiger partial charge in [-0.15, -0.1) is 0 Å². The zero-order valence-electron chi connectivity index (χ0n) is 14.2. The van der Waals surface area contributed by atoms with Gasteiger partial charge in [0.2, 0.25) is 0 Å². The van der Waals surface area contributed by atoms with Gasteiger partial charge in [0.15, 0.2) is 5.78 Å². The Balaban J connectivity index is 1.85. The third-order valence-corrected chi connectivity index (χ3v) is 3.51. The van der Waals surface area contributed by atoms with Gasteiger partial charge in [0.1, 0.15) is 23.2 Å². The van der Waals surface area contributed by atoms with Gasteiger partial charge in [-0.3, -0.25) is 4.79 Å². The van der Waals surface area contributed by atoms with Crippen LogP contribution in [-0.2, 0) is 0 Å². The Morgan fingerprint density at radius 2 is 1.46 bits per heavy atom. The van der Waals surface area contributed by atoms with Gasteiger partial charge in [0.05, 0.1) is 7.11 Å². The Kier molecular flexibility index (Phi) is 5.57. The number of methoxy groups -OCH3 is 1. The fourth-order valence-corrected chi connectivity index (χ4v) is 2.22. The van der Waals surface area contributed by atoms with Crippen LogP contribution in [0.1, 0.15) is 10.4 Å². The third-order valence-electron chi connectivity index (χ3n) is 3.51. The van der Waals surface area contributed by atoms with Gasteiger partial charge in [0, 0.05) is 24.0 Å². The minimum absolute atomic E-state index is 0.158. The number of pyridine rings is 2. The van der Waals surface area contributed by atoms with E-state index in [1.165, 1.54) is 6.08 Å². The summed E-state index contributed by atoms with van der Waals surface area (Å²) >= 11 is 0. The summed E-state index contributed by atoms with van der Waals surface area (Å²) in [5, 5.41) is 6.21. The number of allylic oxidation sites excluding steroid dienone is 1. The maximum Gasteiger partial charge on any atom is 0.189 e. The van der Waals surface area contributed by atoms with E-state index < -0.39 is 0 Å². The number of nitrogens with one attached hydrogen (secondary N) is 2. The summed E-state index contributed by atoms with van der Waals surface area (Å²) in [5.74, 6) is 2.25. The highest BCUT2D eigenvalue weighted by molar-refractivity contribution is 6.05. The predicted molar refractivity (Wildman–Crippen MR) is 101 cm³/mol. The van der Waals surface area contributed by atoms with Crippen LogP contribution in [-0.4, -0.2) is 22.9 Å². The monoisotopic (exact) mass is 346 g/mol. The summed E-state index contributed by atoms with van der Waals surface area (Å²) in [6.07, 6.45) is 4.82. The van der Waals surface area contributed by atoms with Gasteiger partial charge in [-0.25, -0.2) is 9.97 Å². The molecule has 0 saturated carbocycles. The van der Waals surface area contributed by atoms with Crippen LogP contribution in [0.5, 0.6) is 5.75 Å². The van der Waals surface area contributed by atoms with E-state index >= 15 is 0 Å². The van der Waals surface area contributed by atoms with E-state index in [4.69, 9.17) is 4.74 Å². The Bertz CT molecular complexity index is 835. The molecule has 0 aliphatic heterocycles. The molecule has 0 spiro atoms. The van der Waals surface area contributed by atoms with E-state index in [-0.39, 0.29) is 5.78 Å². The van der Waals surface area contributed by atoms with Crippen molar-refractivity contribution in [2.45, 2.75) is 0 Å². The zero-order chi connectivity index (χ0) is 18.2. The number of aromatic nitrogens is 2. The van der Waals surface area contributed by atoms with E-state index in [0.29, 0.717) is 28.8 Å². The van der Waals surface area contributed by atoms with Crippen molar-refractivity contribution in [3.63, 3.8) is 0 Å². The summed E-state index contributed by atoms with van der Waals surface area (Å²) in [6, 6.07) is 17.9. The Hall–Kier alpha value is -3.67. The third kappa shape index (κ3) is 4.67. The van der Waals surface area contributed by atoms with Crippen LogP contribution in [0.15, 0.2) is 85.0 Å². The van der Waals surface area contributed by atoms with Gasteiger partial charge in [-0.2, -0.15) is 0 Å². The molecule has 3 aromatic rings. The molecule has 0 fully saturated rings. The van der Waals surface area contributed by atoms with Gasteiger partial charge in [-0.05, 0) is 48.5 Å². The van der Waals surface area contributed by atoms with Crippen molar-refractivity contribution < 1.29 is 9.53 Å². The molecule has 2 N–H and O–H groups in total. The second-order valence-corrected chi connectivity index (χ2v) is 5.33. The van der Waals surface area contributed by atoms with Gasteiger partial charge >= 0.3 is 0 Å². The molecule has 0 aliphatic carbocycles. The molecule has 0 aliphatic rings. The van der Waals surface area contributed by atoms with Crippen LogP contribution in [0.3, 0.4) is 0 Å². The highest BCUT2D eigenvalue weighted by Gasteiger charge is 2.08. The first-order valence-electron chi connectivity index (χ1n) is 8.01. The summed E-state index contributed by atoms with van der Waals surface area (Å²) in [6.45, 7) is 0. The molecule has 130 valence electrons. The lowest BCUT2D eigenvalue weighted by atomic mass is 10.1. The van der Waals surface area contributed by atoms with Gasteiger partial charge < -0.3 is 15.4 Å². The zero-order valence-corrected chi connectivity index (χ0v) is 14.2. The molecule has 0 atom stereocenters. The van der Waals surface area contributed by atoms with Crippen molar-refractivity contribution in [2.24, 2.45) is 0 Å². The summed E-state index contributed by atoms with van der Waals surface area (Å²) in [5.41, 5.74) is 0.550. The van der Waals surface area contributed by atoms with Gasteiger partial charge in [0.25, 0.3) is 0 Å². The molecular formula is C20H18N4O2. The van der Waals surface area contributed by atoms with Crippen LogP contribution in [0, 0.1) is 0 Å². The first-order valence-corrected chi connectivity index (χ1v) is 8.01. The van der Waals surface area contributed by atoms with E-state index in [1.807, 2.05) is 36.4 Å². The maximum atomic E-state index is 12.6. The molecule has 1 aromatic carbocycles. The quantitative estimate of drug-likeness (QED) is 0.501. The number of nitrogens with zero attached hydrogens (tertiary/aromatic N) is 2. The van der Waals surface area contributed by atoms with Crippen LogP contribution in [0.4, 0.5) is 11.6 Å². The topological polar surface area (TPSA) is 76.1 Å². The molecule has 2 heterocycles. The number of benzene rings is 1. The molecule has 0 bridgehead atoms. The van der Waals surface area contributed by atoms with E-state index in [1.54, 1.807) is 43.8 Å². The highest BCUT2D eigenvalue weighted by atomic mass is 16.5.